The van der Waals surface area contributed by atoms with Gasteiger partial charge in [0.2, 0.25) is 5.75 Å². The zero-order chi connectivity index (χ0) is 17.4. The molecule has 24 heavy (non-hydrogen) atoms. The number of benzene rings is 2. The van der Waals surface area contributed by atoms with Crippen molar-refractivity contribution in [3.63, 3.8) is 0 Å². The lowest BCUT2D eigenvalue weighted by atomic mass is 10.1. The second-order valence-corrected chi connectivity index (χ2v) is 5.01. The predicted octanol–water partition coefficient (Wildman–Crippen LogP) is 2.59. The van der Waals surface area contributed by atoms with Crippen LogP contribution in [0.15, 0.2) is 39.5 Å². The van der Waals surface area contributed by atoms with Gasteiger partial charge in [0, 0.05) is 17.7 Å². The maximum Gasteiger partial charge on any atom is 0.204 e. The number of methoxy groups -OCH3 is 2. The van der Waals surface area contributed by atoms with Gasteiger partial charge in [-0.3, -0.25) is 4.79 Å². The Morgan fingerprint density at radius 2 is 1.58 bits per heavy atom. The van der Waals surface area contributed by atoms with Gasteiger partial charge in [-0.1, -0.05) is 0 Å². The lowest BCUT2D eigenvalue weighted by Crippen LogP contribution is -2.04. The average molecular weight is 330 g/mol. The molecule has 0 aliphatic carbocycles. The van der Waals surface area contributed by atoms with Crippen LogP contribution in [0.2, 0.25) is 0 Å². The number of ether oxygens (including phenoxy) is 2. The SMILES string of the molecule is COc1c(O)cc2oc(-c3ccc(O)c(O)c3)cc(=O)c2c1OC. The average Bonchev–Trinajstić information content (AvgIpc) is 2.55. The molecule has 0 spiro atoms. The summed E-state index contributed by atoms with van der Waals surface area (Å²) in [5.74, 6) is -0.602. The molecule has 3 N–H and O–H groups in total. The fourth-order valence-electron chi connectivity index (χ4n) is 2.47. The third-order valence-corrected chi connectivity index (χ3v) is 3.58. The van der Waals surface area contributed by atoms with Crippen molar-refractivity contribution in [2.24, 2.45) is 0 Å². The quantitative estimate of drug-likeness (QED) is 0.633. The van der Waals surface area contributed by atoms with Gasteiger partial charge < -0.3 is 29.2 Å². The molecule has 0 aliphatic rings. The molecular weight excluding hydrogens is 316 g/mol. The van der Waals surface area contributed by atoms with Crippen LogP contribution in [-0.4, -0.2) is 29.5 Å². The summed E-state index contributed by atoms with van der Waals surface area (Å²) in [6, 6.07) is 6.51. The van der Waals surface area contributed by atoms with E-state index in [1.807, 2.05) is 0 Å². The molecule has 7 heteroatoms. The van der Waals surface area contributed by atoms with Gasteiger partial charge in [0.25, 0.3) is 0 Å². The largest absolute Gasteiger partial charge is 0.504 e. The second-order valence-electron chi connectivity index (χ2n) is 5.01. The van der Waals surface area contributed by atoms with Gasteiger partial charge >= 0.3 is 0 Å². The fraction of sp³-hybridized carbons (Fsp3) is 0.118. The van der Waals surface area contributed by atoms with Crippen LogP contribution in [0.4, 0.5) is 0 Å². The van der Waals surface area contributed by atoms with Gasteiger partial charge in [-0.05, 0) is 18.2 Å². The van der Waals surface area contributed by atoms with E-state index < -0.39 is 5.43 Å². The first-order valence-electron chi connectivity index (χ1n) is 6.90. The van der Waals surface area contributed by atoms with Crippen LogP contribution < -0.4 is 14.9 Å². The number of phenols is 3. The van der Waals surface area contributed by atoms with Gasteiger partial charge in [-0.2, -0.15) is 0 Å². The first-order valence-corrected chi connectivity index (χ1v) is 6.90. The molecule has 0 aliphatic heterocycles. The molecule has 1 heterocycles. The minimum absolute atomic E-state index is 0.0346. The minimum atomic E-state index is -0.408. The van der Waals surface area contributed by atoms with Gasteiger partial charge in [-0.25, -0.2) is 0 Å². The van der Waals surface area contributed by atoms with E-state index in [1.54, 1.807) is 0 Å². The highest BCUT2D eigenvalue weighted by molar-refractivity contribution is 5.90. The topological polar surface area (TPSA) is 109 Å². The molecular formula is C17H14O7. The standard InChI is InChI=1S/C17H14O7/c1-22-16-12(21)7-14-15(17(16)23-2)11(20)6-13(24-14)8-3-4-9(18)10(19)5-8/h3-7,18-19,21H,1-2H3. The first kappa shape index (κ1) is 15.5. The Morgan fingerprint density at radius 1 is 0.875 bits per heavy atom. The van der Waals surface area contributed by atoms with Crippen molar-refractivity contribution in [1.29, 1.82) is 0 Å². The highest BCUT2D eigenvalue weighted by Crippen LogP contribution is 2.42. The van der Waals surface area contributed by atoms with Crippen molar-refractivity contribution in [3.05, 3.63) is 40.6 Å². The fourth-order valence-corrected chi connectivity index (χ4v) is 2.47. The van der Waals surface area contributed by atoms with Crippen molar-refractivity contribution in [3.8, 4) is 40.1 Å². The summed E-state index contributed by atoms with van der Waals surface area (Å²) in [6.45, 7) is 0. The number of aromatic hydroxyl groups is 3. The van der Waals surface area contributed by atoms with Crippen LogP contribution >= 0.6 is 0 Å². The number of hydrogen-bond donors (Lipinski definition) is 3. The third-order valence-electron chi connectivity index (χ3n) is 3.58. The monoisotopic (exact) mass is 330 g/mol. The Hall–Kier alpha value is -3.35. The van der Waals surface area contributed by atoms with Crippen molar-refractivity contribution >= 4 is 11.0 Å². The summed E-state index contributed by atoms with van der Waals surface area (Å²) in [7, 11) is 2.70. The predicted molar refractivity (Wildman–Crippen MR) is 86.0 cm³/mol. The van der Waals surface area contributed by atoms with E-state index in [-0.39, 0.29) is 45.5 Å². The summed E-state index contributed by atoms with van der Waals surface area (Å²) in [4.78, 5) is 12.5. The first-order chi connectivity index (χ1) is 11.5. The van der Waals surface area contributed by atoms with Crippen LogP contribution in [-0.2, 0) is 0 Å². The molecule has 1 aromatic heterocycles. The lowest BCUT2D eigenvalue weighted by molar-refractivity contribution is 0.335. The lowest BCUT2D eigenvalue weighted by Gasteiger charge is -2.12. The van der Waals surface area contributed by atoms with Crippen LogP contribution in [0.5, 0.6) is 28.7 Å². The van der Waals surface area contributed by atoms with E-state index in [4.69, 9.17) is 13.9 Å². The normalized spacial score (nSPS) is 10.8. The summed E-state index contributed by atoms with van der Waals surface area (Å²) in [6.07, 6.45) is 0. The zero-order valence-electron chi connectivity index (χ0n) is 12.9. The van der Waals surface area contributed by atoms with Gasteiger partial charge in [0.15, 0.2) is 28.4 Å². The van der Waals surface area contributed by atoms with Crippen molar-refractivity contribution in [2.75, 3.05) is 14.2 Å². The molecule has 0 radical (unpaired) electrons. The van der Waals surface area contributed by atoms with E-state index in [1.165, 1.54) is 44.6 Å². The van der Waals surface area contributed by atoms with E-state index in [0.29, 0.717) is 5.56 Å². The third kappa shape index (κ3) is 2.36. The summed E-state index contributed by atoms with van der Waals surface area (Å²) < 4.78 is 15.9. The maximum atomic E-state index is 12.5. The maximum absolute atomic E-state index is 12.5. The summed E-state index contributed by atoms with van der Waals surface area (Å²) >= 11 is 0. The molecule has 7 nitrogen and oxygen atoms in total. The highest BCUT2D eigenvalue weighted by atomic mass is 16.5. The van der Waals surface area contributed by atoms with Crippen molar-refractivity contribution in [1.82, 2.24) is 0 Å². The molecule has 0 saturated heterocycles. The molecule has 3 rings (SSSR count). The molecule has 0 saturated carbocycles. The zero-order valence-corrected chi connectivity index (χ0v) is 12.9. The minimum Gasteiger partial charge on any atom is -0.504 e. The van der Waals surface area contributed by atoms with E-state index in [9.17, 15) is 20.1 Å². The molecule has 2 aromatic carbocycles. The Balaban J connectivity index is 2.31. The Labute approximate surface area is 135 Å². The van der Waals surface area contributed by atoms with E-state index >= 15 is 0 Å². The van der Waals surface area contributed by atoms with Crippen LogP contribution in [0.1, 0.15) is 0 Å². The van der Waals surface area contributed by atoms with E-state index in [0.717, 1.165) is 0 Å². The summed E-state index contributed by atoms with van der Waals surface area (Å²) in [5, 5.41) is 29.1. The van der Waals surface area contributed by atoms with Crippen LogP contribution in [0, 0.1) is 0 Å². The van der Waals surface area contributed by atoms with Crippen molar-refractivity contribution in [2.45, 2.75) is 0 Å². The molecule has 3 aromatic rings. The van der Waals surface area contributed by atoms with E-state index in [2.05, 4.69) is 0 Å². The number of hydrogen-bond acceptors (Lipinski definition) is 7. The molecule has 124 valence electrons. The highest BCUT2D eigenvalue weighted by Gasteiger charge is 2.20. The van der Waals surface area contributed by atoms with Crippen molar-refractivity contribution < 1.29 is 29.2 Å². The Kier molecular flexibility index (Phi) is 3.69. The van der Waals surface area contributed by atoms with Crippen LogP contribution in [0.25, 0.3) is 22.3 Å². The Bertz CT molecular complexity index is 988. The number of rotatable bonds is 3. The second kappa shape index (κ2) is 5.69. The molecule has 0 atom stereocenters. The van der Waals surface area contributed by atoms with Gasteiger partial charge in [0.1, 0.15) is 16.7 Å². The molecule has 0 amide bonds. The smallest absolute Gasteiger partial charge is 0.204 e. The molecule has 0 bridgehead atoms. The number of phenolic OH excluding ortho intramolecular Hbond substituents is 3. The summed E-state index contributed by atoms with van der Waals surface area (Å²) in [5.41, 5.74) is 0.0766. The Morgan fingerprint density at radius 3 is 2.21 bits per heavy atom. The molecule has 0 unspecified atom stereocenters. The van der Waals surface area contributed by atoms with Gasteiger partial charge in [-0.15, -0.1) is 0 Å². The number of fused-ring (bicyclic) bond motifs is 1. The van der Waals surface area contributed by atoms with Gasteiger partial charge in [0.05, 0.1) is 14.2 Å². The van der Waals surface area contributed by atoms with Crippen LogP contribution in [0.3, 0.4) is 0 Å². The molecule has 0 fully saturated rings.